The van der Waals surface area contributed by atoms with E-state index < -0.39 is 0 Å². The molecule has 0 atom stereocenters. The fourth-order valence-electron chi connectivity index (χ4n) is 4.06. The van der Waals surface area contributed by atoms with E-state index >= 15 is 0 Å². The molecule has 0 saturated carbocycles. The van der Waals surface area contributed by atoms with Crippen molar-refractivity contribution in [1.82, 2.24) is 24.5 Å². The highest BCUT2D eigenvalue weighted by atomic mass is 79.9. The van der Waals surface area contributed by atoms with Gasteiger partial charge in [-0.3, -0.25) is 9.48 Å². The number of aryl methyl sites for hydroxylation is 2. The smallest absolute Gasteiger partial charge is 0.247 e. The van der Waals surface area contributed by atoms with E-state index in [2.05, 4.69) is 48.6 Å². The third kappa shape index (κ3) is 4.49. The summed E-state index contributed by atoms with van der Waals surface area (Å²) in [7, 11) is 0. The summed E-state index contributed by atoms with van der Waals surface area (Å²) in [5.74, 6) is 0.315. The van der Waals surface area contributed by atoms with Gasteiger partial charge in [-0.15, -0.1) is 0 Å². The summed E-state index contributed by atoms with van der Waals surface area (Å²) in [6.45, 7) is 4.59. The van der Waals surface area contributed by atoms with Gasteiger partial charge in [0, 0.05) is 27.8 Å². The summed E-state index contributed by atoms with van der Waals surface area (Å²) in [6.07, 6.45) is 1.76. The number of pyridine rings is 1. The number of anilines is 1. The Kier molecular flexibility index (Phi) is 5.98. The van der Waals surface area contributed by atoms with Crippen molar-refractivity contribution in [1.29, 1.82) is 0 Å². The molecule has 5 aromatic rings. The van der Waals surface area contributed by atoms with Gasteiger partial charge in [0.15, 0.2) is 11.5 Å². The maximum absolute atomic E-state index is 12.9. The van der Waals surface area contributed by atoms with Crippen molar-refractivity contribution in [2.45, 2.75) is 26.9 Å². The largest absolute Gasteiger partial charge is 0.308 e. The molecule has 1 N–H and O–H groups in total. The number of halogens is 1. The molecular weight excluding hydrogens is 492 g/mol. The third-order valence-corrected chi connectivity index (χ3v) is 6.21. The van der Waals surface area contributed by atoms with Gasteiger partial charge in [0.25, 0.3) is 0 Å². The molecule has 0 aliphatic heterocycles. The summed E-state index contributed by atoms with van der Waals surface area (Å²) in [4.78, 5) is 17.4. The van der Waals surface area contributed by atoms with Crippen LogP contribution in [0.15, 0.2) is 77.4 Å². The van der Waals surface area contributed by atoms with Crippen molar-refractivity contribution in [3.05, 3.63) is 94.4 Å². The number of benzene rings is 2. The normalized spacial score (nSPS) is 11.1. The zero-order chi connectivity index (χ0) is 23.7. The van der Waals surface area contributed by atoms with Crippen LogP contribution in [0, 0.1) is 13.8 Å². The molecule has 0 fully saturated rings. The second kappa shape index (κ2) is 9.23. The quantitative estimate of drug-likeness (QED) is 0.330. The Balaban J connectivity index is 1.34. The Labute approximate surface area is 205 Å². The van der Waals surface area contributed by atoms with Crippen LogP contribution in [0.4, 0.5) is 5.82 Å². The molecule has 0 saturated heterocycles. The summed E-state index contributed by atoms with van der Waals surface area (Å²) >= 11 is 3.45. The molecule has 0 radical (unpaired) electrons. The van der Waals surface area contributed by atoms with Crippen LogP contribution in [0.3, 0.4) is 0 Å². The van der Waals surface area contributed by atoms with E-state index in [0.29, 0.717) is 18.0 Å². The highest BCUT2D eigenvalue weighted by molar-refractivity contribution is 9.10. The number of fused-ring (bicyclic) bond motifs is 1. The standard InChI is InChI=1S/C26H23BrN6O/c1-17-14-23(31-32(17)15-19-8-10-21(27)11-9-19)29-24(34)16-33-26-25(18(2)30-33)22(12-13-28-26)20-6-4-3-5-7-20/h3-14H,15-16H2,1-2H3,(H,29,31,34). The number of hydrogen-bond acceptors (Lipinski definition) is 4. The number of carbonyl (C=O) groups excluding carboxylic acids is 1. The molecule has 0 bridgehead atoms. The molecule has 0 aliphatic rings. The Morgan fingerprint density at radius 1 is 0.971 bits per heavy atom. The van der Waals surface area contributed by atoms with Crippen LogP contribution in [0.2, 0.25) is 0 Å². The first-order valence-corrected chi connectivity index (χ1v) is 11.7. The van der Waals surface area contributed by atoms with E-state index in [9.17, 15) is 4.79 Å². The van der Waals surface area contributed by atoms with E-state index in [1.54, 1.807) is 10.9 Å². The lowest BCUT2D eigenvalue weighted by Crippen LogP contribution is -2.20. The van der Waals surface area contributed by atoms with Crippen molar-refractivity contribution in [2.75, 3.05) is 5.32 Å². The van der Waals surface area contributed by atoms with E-state index in [4.69, 9.17) is 0 Å². The Hall–Kier alpha value is -3.78. The molecule has 170 valence electrons. The zero-order valence-electron chi connectivity index (χ0n) is 18.9. The minimum atomic E-state index is -0.204. The lowest BCUT2D eigenvalue weighted by molar-refractivity contribution is -0.116. The average Bonchev–Trinajstić information content (AvgIpc) is 3.34. The first-order valence-electron chi connectivity index (χ1n) is 10.9. The summed E-state index contributed by atoms with van der Waals surface area (Å²) in [5, 5.41) is 13.0. The van der Waals surface area contributed by atoms with Gasteiger partial charge in [-0.2, -0.15) is 10.2 Å². The highest BCUT2D eigenvalue weighted by Crippen LogP contribution is 2.29. The predicted molar refractivity (Wildman–Crippen MR) is 137 cm³/mol. The molecule has 0 spiro atoms. The lowest BCUT2D eigenvalue weighted by Gasteiger charge is -2.06. The number of nitrogens with one attached hydrogen (secondary N) is 1. The van der Waals surface area contributed by atoms with Crippen LogP contribution in [-0.2, 0) is 17.9 Å². The lowest BCUT2D eigenvalue weighted by atomic mass is 10.0. The topological polar surface area (TPSA) is 77.6 Å². The van der Waals surface area contributed by atoms with Crippen LogP contribution in [0.5, 0.6) is 0 Å². The maximum atomic E-state index is 12.9. The van der Waals surface area contributed by atoms with Gasteiger partial charge in [-0.25, -0.2) is 9.67 Å². The van der Waals surface area contributed by atoms with Gasteiger partial charge in [0.1, 0.15) is 6.54 Å². The molecule has 3 heterocycles. The van der Waals surface area contributed by atoms with Crippen molar-refractivity contribution < 1.29 is 4.79 Å². The van der Waals surface area contributed by atoms with Crippen LogP contribution < -0.4 is 5.32 Å². The van der Waals surface area contributed by atoms with Gasteiger partial charge in [-0.1, -0.05) is 58.4 Å². The number of rotatable bonds is 6. The molecule has 5 rings (SSSR count). The number of carbonyl (C=O) groups is 1. The van der Waals surface area contributed by atoms with E-state index in [-0.39, 0.29) is 12.5 Å². The fraction of sp³-hybridized carbons (Fsp3) is 0.154. The van der Waals surface area contributed by atoms with Gasteiger partial charge in [0.2, 0.25) is 5.91 Å². The minimum absolute atomic E-state index is 0.0498. The highest BCUT2D eigenvalue weighted by Gasteiger charge is 2.16. The van der Waals surface area contributed by atoms with Crippen LogP contribution in [0.25, 0.3) is 22.2 Å². The zero-order valence-corrected chi connectivity index (χ0v) is 20.5. The second-order valence-corrected chi connectivity index (χ2v) is 9.09. The van der Waals surface area contributed by atoms with Crippen molar-refractivity contribution in [3.63, 3.8) is 0 Å². The number of nitrogens with zero attached hydrogens (tertiary/aromatic N) is 5. The maximum Gasteiger partial charge on any atom is 0.247 e. The van der Waals surface area contributed by atoms with Gasteiger partial charge >= 0.3 is 0 Å². The van der Waals surface area contributed by atoms with Crippen LogP contribution >= 0.6 is 15.9 Å². The Morgan fingerprint density at radius 3 is 2.50 bits per heavy atom. The van der Waals surface area contributed by atoms with Crippen molar-refractivity contribution in [3.8, 4) is 11.1 Å². The SMILES string of the molecule is Cc1nn(CC(=O)Nc2cc(C)n(Cc3ccc(Br)cc3)n2)c2nccc(-c3ccccc3)c12. The molecular formula is C26H23BrN6O. The number of hydrogen-bond donors (Lipinski definition) is 1. The molecule has 0 unspecified atom stereocenters. The predicted octanol–water partition coefficient (Wildman–Crippen LogP) is 5.36. The molecule has 0 aliphatic carbocycles. The van der Waals surface area contributed by atoms with Crippen LogP contribution in [0.1, 0.15) is 17.0 Å². The second-order valence-electron chi connectivity index (χ2n) is 8.17. The van der Waals surface area contributed by atoms with Gasteiger partial charge < -0.3 is 5.32 Å². The minimum Gasteiger partial charge on any atom is -0.308 e. The summed E-state index contributed by atoms with van der Waals surface area (Å²) in [6, 6.07) is 22.1. The average molecular weight is 515 g/mol. The summed E-state index contributed by atoms with van der Waals surface area (Å²) in [5.41, 5.74) is 5.76. The summed E-state index contributed by atoms with van der Waals surface area (Å²) < 4.78 is 4.56. The molecule has 1 amide bonds. The molecule has 8 heteroatoms. The fourth-order valence-corrected chi connectivity index (χ4v) is 4.33. The van der Waals surface area contributed by atoms with Crippen molar-refractivity contribution in [2.24, 2.45) is 0 Å². The monoisotopic (exact) mass is 514 g/mol. The third-order valence-electron chi connectivity index (χ3n) is 5.68. The number of aromatic nitrogens is 5. The van der Waals surface area contributed by atoms with Gasteiger partial charge in [-0.05, 0) is 48.7 Å². The van der Waals surface area contributed by atoms with E-state index in [1.165, 1.54) is 0 Å². The van der Waals surface area contributed by atoms with E-state index in [0.717, 1.165) is 37.9 Å². The Bertz CT molecular complexity index is 1470. The first kappa shape index (κ1) is 22.0. The molecule has 7 nitrogen and oxygen atoms in total. The molecule has 3 aromatic heterocycles. The van der Waals surface area contributed by atoms with E-state index in [1.807, 2.05) is 73.1 Å². The number of amides is 1. The van der Waals surface area contributed by atoms with Crippen molar-refractivity contribution >= 4 is 38.7 Å². The van der Waals surface area contributed by atoms with Crippen LogP contribution in [-0.4, -0.2) is 30.5 Å². The van der Waals surface area contributed by atoms with Gasteiger partial charge in [0.05, 0.1) is 12.2 Å². The molecule has 34 heavy (non-hydrogen) atoms. The first-order chi connectivity index (χ1) is 16.5. The molecule has 2 aromatic carbocycles. The Morgan fingerprint density at radius 2 is 1.74 bits per heavy atom.